The molecule has 2 unspecified atom stereocenters. The van der Waals surface area contributed by atoms with E-state index in [1.165, 1.54) is 167 Å². The number of aliphatic hydroxyl groups excluding tert-OH is 2. The second-order valence-corrected chi connectivity index (χ2v) is 19.0. The molecule has 0 aromatic carbocycles. The van der Waals surface area contributed by atoms with Crippen LogP contribution in [0.1, 0.15) is 271 Å². The topological polar surface area (TPSA) is 69.6 Å². The first-order valence-corrected chi connectivity index (χ1v) is 28.5. The van der Waals surface area contributed by atoms with E-state index in [1.807, 2.05) is 6.08 Å². The first-order valence-electron chi connectivity index (χ1n) is 28.5. The Kier molecular flexibility index (Phi) is 54.3. The van der Waals surface area contributed by atoms with E-state index in [1.54, 1.807) is 6.08 Å². The average molecular weight is 917 g/mol. The quantitative estimate of drug-likeness (QED) is 0.0421. The van der Waals surface area contributed by atoms with Crippen molar-refractivity contribution in [3.8, 4) is 0 Å². The second-order valence-electron chi connectivity index (χ2n) is 19.0. The monoisotopic (exact) mass is 916 g/mol. The van der Waals surface area contributed by atoms with Gasteiger partial charge in [-0.2, -0.15) is 0 Å². The third-order valence-corrected chi connectivity index (χ3v) is 12.6. The van der Waals surface area contributed by atoms with Crippen LogP contribution < -0.4 is 5.32 Å². The molecule has 380 valence electrons. The number of carbonyl (C=O) groups is 1. The molecule has 0 heterocycles. The Hall–Kier alpha value is -2.69. The predicted octanol–water partition coefficient (Wildman–Crippen LogP) is 18.9. The average Bonchev–Trinajstić information content (AvgIpc) is 3.32. The summed E-state index contributed by atoms with van der Waals surface area (Å²) in [5, 5.41) is 23.2. The highest BCUT2D eigenvalue weighted by Crippen LogP contribution is 2.16. The predicted molar refractivity (Wildman–Crippen MR) is 294 cm³/mol. The van der Waals surface area contributed by atoms with Gasteiger partial charge in [-0.3, -0.25) is 4.79 Å². The van der Waals surface area contributed by atoms with E-state index in [0.717, 1.165) is 83.5 Å². The van der Waals surface area contributed by atoms with E-state index >= 15 is 0 Å². The summed E-state index contributed by atoms with van der Waals surface area (Å²) in [5.41, 5.74) is 0. The Morgan fingerprint density at radius 2 is 0.667 bits per heavy atom. The molecular formula is C62H109NO3. The van der Waals surface area contributed by atoms with Crippen molar-refractivity contribution in [1.29, 1.82) is 0 Å². The lowest BCUT2D eigenvalue weighted by molar-refractivity contribution is -0.123. The Bertz CT molecular complexity index is 1220. The van der Waals surface area contributed by atoms with Gasteiger partial charge in [0.05, 0.1) is 18.8 Å². The zero-order valence-corrected chi connectivity index (χ0v) is 43.7. The summed E-state index contributed by atoms with van der Waals surface area (Å²) in [5.74, 6) is -0.0767. The van der Waals surface area contributed by atoms with Crippen LogP contribution in [0.25, 0.3) is 0 Å². The van der Waals surface area contributed by atoms with Crippen LogP contribution in [-0.4, -0.2) is 34.9 Å². The van der Waals surface area contributed by atoms with Gasteiger partial charge >= 0.3 is 0 Å². The number of hydrogen-bond acceptors (Lipinski definition) is 3. The molecule has 0 saturated carbocycles. The molecule has 0 spiro atoms. The molecule has 0 radical (unpaired) electrons. The van der Waals surface area contributed by atoms with Crippen LogP contribution in [0.3, 0.4) is 0 Å². The zero-order valence-electron chi connectivity index (χ0n) is 43.7. The lowest BCUT2D eigenvalue weighted by Crippen LogP contribution is -2.45. The third kappa shape index (κ3) is 52.3. The first kappa shape index (κ1) is 63.3. The molecular weight excluding hydrogens is 807 g/mol. The van der Waals surface area contributed by atoms with Crippen molar-refractivity contribution < 1.29 is 15.0 Å². The summed E-state index contributed by atoms with van der Waals surface area (Å²) in [6.45, 7) is 4.21. The molecule has 0 aliphatic carbocycles. The molecule has 4 heteroatoms. The van der Waals surface area contributed by atoms with E-state index in [-0.39, 0.29) is 12.5 Å². The minimum absolute atomic E-state index is 0.0767. The van der Waals surface area contributed by atoms with Crippen molar-refractivity contribution in [2.75, 3.05) is 6.61 Å². The van der Waals surface area contributed by atoms with Gasteiger partial charge < -0.3 is 15.5 Å². The van der Waals surface area contributed by atoms with Crippen LogP contribution in [0.4, 0.5) is 0 Å². The number of unbranched alkanes of at least 4 members (excludes halogenated alkanes) is 30. The highest BCUT2D eigenvalue weighted by atomic mass is 16.3. The fourth-order valence-electron chi connectivity index (χ4n) is 8.28. The Balaban J connectivity index is 3.59. The Morgan fingerprint density at radius 1 is 0.379 bits per heavy atom. The molecule has 66 heavy (non-hydrogen) atoms. The Morgan fingerprint density at radius 3 is 1.00 bits per heavy atom. The van der Waals surface area contributed by atoms with Crippen molar-refractivity contribution in [1.82, 2.24) is 5.32 Å². The van der Waals surface area contributed by atoms with Crippen molar-refractivity contribution in [2.45, 2.75) is 283 Å². The van der Waals surface area contributed by atoms with Crippen LogP contribution in [0.5, 0.6) is 0 Å². The van der Waals surface area contributed by atoms with Crippen molar-refractivity contribution in [2.24, 2.45) is 0 Å². The number of amides is 1. The van der Waals surface area contributed by atoms with Crippen LogP contribution in [0.2, 0.25) is 0 Å². The number of aliphatic hydroxyl groups is 2. The fourth-order valence-corrected chi connectivity index (χ4v) is 8.28. The maximum absolute atomic E-state index is 12.5. The molecule has 0 aliphatic rings. The number of nitrogens with one attached hydrogen (secondary N) is 1. The van der Waals surface area contributed by atoms with E-state index < -0.39 is 12.1 Å². The van der Waals surface area contributed by atoms with Gasteiger partial charge in [0.1, 0.15) is 0 Å². The van der Waals surface area contributed by atoms with Gasteiger partial charge in [0.15, 0.2) is 0 Å². The molecule has 0 aromatic rings. The summed E-state index contributed by atoms with van der Waals surface area (Å²) >= 11 is 0. The summed E-state index contributed by atoms with van der Waals surface area (Å²) in [6, 6.07) is -0.636. The zero-order chi connectivity index (χ0) is 47.7. The number of rotatable bonds is 51. The Labute approximate surface area is 411 Å². The normalized spacial score (nSPS) is 13.6. The molecule has 1 amide bonds. The lowest BCUT2D eigenvalue weighted by Gasteiger charge is -2.20. The maximum Gasteiger partial charge on any atom is 0.220 e. The van der Waals surface area contributed by atoms with Crippen molar-refractivity contribution in [3.05, 3.63) is 97.2 Å². The molecule has 0 rings (SSSR count). The number of allylic oxidation sites excluding steroid dienone is 15. The molecule has 0 bridgehead atoms. The van der Waals surface area contributed by atoms with Gasteiger partial charge in [0.25, 0.3) is 0 Å². The maximum atomic E-state index is 12.5. The number of hydrogen-bond donors (Lipinski definition) is 3. The molecule has 0 saturated heterocycles. The molecule has 0 aliphatic heterocycles. The van der Waals surface area contributed by atoms with Crippen molar-refractivity contribution in [3.63, 3.8) is 0 Å². The van der Waals surface area contributed by atoms with Gasteiger partial charge in [-0.15, -0.1) is 0 Å². The lowest BCUT2D eigenvalue weighted by atomic mass is 10.0. The van der Waals surface area contributed by atoms with Gasteiger partial charge in [0, 0.05) is 6.42 Å². The first-order chi connectivity index (χ1) is 32.7. The summed E-state index contributed by atoms with van der Waals surface area (Å²) in [4.78, 5) is 12.5. The smallest absolute Gasteiger partial charge is 0.220 e. The van der Waals surface area contributed by atoms with Gasteiger partial charge in [-0.25, -0.2) is 0 Å². The van der Waals surface area contributed by atoms with E-state index in [0.29, 0.717) is 6.42 Å². The largest absolute Gasteiger partial charge is 0.394 e. The van der Waals surface area contributed by atoms with Gasteiger partial charge in [-0.1, -0.05) is 284 Å². The van der Waals surface area contributed by atoms with Gasteiger partial charge in [0.2, 0.25) is 5.91 Å². The minimum Gasteiger partial charge on any atom is -0.394 e. The van der Waals surface area contributed by atoms with Crippen LogP contribution in [0, 0.1) is 0 Å². The van der Waals surface area contributed by atoms with Crippen LogP contribution >= 0.6 is 0 Å². The molecule has 0 aromatic heterocycles. The third-order valence-electron chi connectivity index (χ3n) is 12.6. The standard InChI is InChI=1S/C62H109NO3/c1-3-5-7-9-11-13-15-17-19-21-23-25-27-29-30-31-32-34-36-38-40-42-44-46-48-50-52-54-56-58-62(66)63-60(59-64)61(65)57-55-53-51-49-47-45-43-41-39-37-35-33-28-26-24-22-20-18-16-14-12-10-8-6-4-2/h5,7,11,13,17,19,23,25,29-30,32,34,38,40,55,57,60-61,64-65H,3-4,6,8-10,12,14-16,18,20-22,24,26-28,31,33,35-37,39,41-54,56,58-59H2,1-2H3,(H,63,66)/b7-5-,13-11-,19-17-,25-23-,30-29-,34-32-,40-38-,57-55+. The molecule has 3 N–H and O–H groups in total. The summed E-state index contributed by atoms with van der Waals surface area (Å²) in [6.07, 6.45) is 84.2. The molecule has 4 nitrogen and oxygen atoms in total. The van der Waals surface area contributed by atoms with E-state index in [9.17, 15) is 15.0 Å². The molecule has 0 fully saturated rings. The highest BCUT2D eigenvalue weighted by molar-refractivity contribution is 5.76. The van der Waals surface area contributed by atoms with Crippen LogP contribution in [0.15, 0.2) is 97.2 Å². The van der Waals surface area contributed by atoms with Crippen molar-refractivity contribution >= 4 is 5.91 Å². The minimum atomic E-state index is -0.852. The highest BCUT2D eigenvalue weighted by Gasteiger charge is 2.18. The second kappa shape index (κ2) is 56.6. The summed E-state index contributed by atoms with van der Waals surface area (Å²) in [7, 11) is 0. The van der Waals surface area contributed by atoms with E-state index in [2.05, 4.69) is 104 Å². The molecule has 2 atom stereocenters. The van der Waals surface area contributed by atoms with Gasteiger partial charge in [-0.05, 0) is 77.0 Å². The van der Waals surface area contributed by atoms with E-state index in [4.69, 9.17) is 0 Å². The SMILES string of the molecule is CC/C=C\C/C=C\C/C=C\C/C=C\C/C=C\C/C=C\C/C=C\CCCCCCCCCC(=O)NC(CO)C(O)/C=C/CCCCCCCCCCCCCCCCCCCCCCCCC. The fraction of sp³-hybridized carbons (Fsp3) is 0.726. The van der Waals surface area contributed by atoms with Crippen LogP contribution in [-0.2, 0) is 4.79 Å². The number of carbonyl (C=O) groups excluding carboxylic acids is 1. The summed E-state index contributed by atoms with van der Waals surface area (Å²) < 4.78 is 0.